The van der Waals surface area contributed by atoms with Crippen molar-refractivity contribution in [3.8, 4) is 5.75 Å². The summed E-state index contributed by atoms with van der Waals surface area (Å²) in [6.45, 7) is 1.83. The summed E-state index contributed by atoms with van der Waals surface area (Å²) >= 11 is 1.59. The summed E-state index contributed by atoms with van der Waals surface area (Å²) in [5.74, 6) is 2.96. The quantitative estimate of drug-likeness (QED) is 0.676. The van der Waals surface area contributed by atoms with Gasteiger partial charge in [-0.2, -0.15) is 0 Å². The van der Waals surface area contributed by atoms with E-state index < -0.39 is 0 Å². The van der Waals surface area contributed by atoms with Crippen molar-refractivity contribution in [2.45, 2.75) is 24.2 Å². The highest BCUT2D eigenvalue weighted by Gasteiger charge is 2.37. The number of anilines is 2. The van der Waals surface area contributed by atoms with Gasteiger partial charge in [-0.25, -0.2) is 15.4 Å². The number of nitrogens with one attached hydrogen (secondary N) is 1. The van der Waals surface area contributed by atoms with Crippen molar-refractivity contribution in [3.05, 3.63) is 35.4 Å². The SMILES string of the molecule is COc1ccc(CN2CCC3NN(C)c4nc(SC)nc2c43)cc1. The van der Waals surface area contributed by atoms with E-state index in [0.717, 1.165) is 42.1 Å². The van der Waals surface area contributed by atoms with Crippen LogP contribution in [0.2, 0.25) is 0 Å². The predicted octanol–water partition coefficient (Wildman–Crippen LogP) is 2.61. The molecule has 2 aliphatic rings. The molecule has 1 aromatic heterocycles. The average molecular weight is 343 g/mol. The van der Waals surface area contributed by atoms with Gasteiger partial charge in [-0.05, 0) is 30.4 Å². The molecule has 0 amide bonds. The molecule has 2 aromatic rings. The van der Waals surface area contributed by atoms with Crippen molar-refractivity contribution in [1.29, 1.82) is 0 Å². The second-order valence-electron chi connectivity index (χ2n) is 6.07. The van der Waals surface area contributed by atoms with Crippen molar-refractivity contribution in [1.82, 2.24) is 15.4 Å². The summed E-state index contributed by atoms with van der Waals surface area (Å²) in [4.78, 5) is 11.9. The van der Waals surface area contributed by atoms with Crippen molar-refractivity contribution in [2.24, 2.45) is 0 Å². The van der Waals surface area contributed by atoms with Crippen LogP contribution in [-0.4, -0.2) is 36.9 Å². The maximum atomic E-state index is 5.24. The van der Waals surface area contributed by atoms with Crippen LogP contribution in [0.25, 0.3) is 0 Å². The Balaban J connectivity index is 1.68. The molecule has 1 atom stereocenters. The van der Waals surface area contributed by atoms with Crippen LogP contribution in [0.15, 0.2) is 29.4 Å². The zero-order valence-corrected chi connectivity index (χ0v) is 14.9. The van der Waals surface area contributed by atoms with Crippen LogP contribution < -0.4 is 20.1 Å². The third-order valence-corrected chi connectivity index (χ3v) is 5.15. The highest BCUT2D eigenvalue weighted by Crippen LogP contribution is 2.43. The number of benzene rings is 1. The van der Waals surface area contributed by atoms with Gasteiger partial charge in [-0.3, -0.25) is 5.01 Å². The number of nitrogens with zero attached hydrogens (tertiary/aromatic N) is 4. The average Bonchev–Trinajstić information content (AvgIpc) is 2.94. The molecule has 1 N–H and O–H groups in total. The van der Waals surface area contributed by atoms with Crippen LogP contribution in [0, 0.1) is 0 Å². The topological polar surface area (TPSA) is 53.5 Å². The Hall–Kier alpha value is -1.99. The van der Waals surface area contributed by atoms with E-state index in [4.69, 9.17) is 9.72 Å². The van der Waals surface area contributed by atoms with Gasteiger partial charge in [-0.1, -0.05) is 23.9 Å². The lowest BCUT2D eigenvalue weighted by molar-refractivity contribution is 0.414. The van der Waals surface area contributed by atoms with Gasteiger partial charge in [0.15, 0.2) is 11.0 Å². The molecule has 0 saturated carbocycles. The molecule has 126 valence electrons. The summed E-state index contributed by atoms with van der Waals surface area (Å²) in [5.41, 5.74) is 5.98. The minimum absolute atomic E-state index is 0.322. The van der Waals surface area contributed by atoms with E-state index in [1.165, 1.54) is 11.1 Å². The first-order valence-corrected chi connectivity index (χ1v) is 9.25. The summed E-state index contributed by atoms with van der Waals surface area (Å²) in [6, 6.07) is 8.57. The van der Waals surface area contributed by atoms with E-state index in [2.05, 4.69) is 27.4 Å². The van der Waals surface area contributed by atoms with Crippen LogP contribution in [0.3, 0.4) is 0 Å². The monoisotopic (exact) mass is 343 g/mol. The smallest absolute Gasteiger partial charge is 0.191 e. The second kappa shape index (κ2) is 6.14. The van der Waals surface area contributed by atoms with Crippen molar-refractivity contribution in [3.63, 3.8) is 0 Å². The zero-order chi connectivity index (χ0) is 16.7. The lowest BCUT2D eigenvalue weighted by atomic mass is 10.0. The van der Waals surface area contributed by atoms with Gasteiger partial charge in [-0.15, -0.1) is 0 Å². The van der Waals surface area contributed by atoms with Gasteiger partial charge in [0.25, 0.3) is 0 Å². The molecule has 0 fully saturated rings. The molecule has 1 aromatic carbocycles. The van der Waals surface area contributed by atoms with Crippen LogP contribution in [0.5, 0.6) is 5.75 Å². The molecule has 4 rings (SSSR count). The third kappa shape index (κ3) is 2.57. The van der Waals surface area contributed by atoms with E-state index in [0.29, 0.717) is 6.04 Å². The lowest BCUT2D eigenvalue weighted by Crippen LogP contribution is -2.36. The molecule has 24 heavy (non-hydrogen) atoms. The number of aromatic nitrogens is 2. The molecule has 7 heteroatoms. The normalized spacial score (nSPS) is 18.7. The van der Waals surface area contributed by atoms with Gasteiger partial charge >= 0.3 is 0 Å². The number of hydrazine groups is 1. The van der Waals surface area contributed by atoms with Crippen LogP contribution in [0.4, 0.5) is 11.6 Å². The van der Waals surface area contributed by atoms with Gasteiger partial charge in [0.2, 0.25) is 0 Å². The number of rotatable bonds is 4. The number of methoxy groups -OCH3 is 1. The first-order chi connectivity index (χ1) is 11.7. The Kier molecular flexibility index (Phi) is 3.97. The largest absolute Gasteiger partial charge is 0.497 e. The number of ether oxygens (including phenoxy) is 1. The molecular weight excluding hydrogens is 322 g/mol. The fourth-order valence-corrected chi connectivity index (χ4v) is 3.75. The molecule has 0 radical (unpaired) electrons. The van der Waals surface area contributed by atoms with E-state index in [-0.39, 0.29) is 0 Å². The standard InChI is InChI=1S/C17H21N5OS/c1-21-15-14-13(20-21)8-9-22(16(14)19-17(18-15)24-3)10-11-4-6-12(23-2)7-5-11/h4-7,13,20H,8-10H2,1-3H3. The highest BCUT2D eigenvalue weighted by atomic mass is 32.2. The fraction of sp³-hybridized carbons (Fsp3) is 0.412. The summed E-state index contributed by atoms with van der Waals surface area (Å²) in [7, 11) is 3.72. The van der Waals surface area contributed by atoms with Gasteiger partial charge in [0.1, 0.15) is 11.6 Å². The minimum Gasteiger partial charge on any atom is -0.497 e. The number of hydrogen-bond donors (Lipinski definition) is 1. The van der Waals surface area contributed by atoms with E-state index >= 15 is 0 Å². The van der Waals surface area contributed by atoms with E-state index in [1.807, 2.05) is 30.4 Å². The lowest BCUT2D eigenvalue weighted by Gasteiger charge is -2.32. The summed E-state index contributed by atoms with van der Waals surface area (Å²) in [6.07, 6.45) is 3.08. The Morgan fingerprint density at radius 3 is 2.71 bits per heavy atom. The molecular formula is C17H21N5OS. The van der Waals surface area contributed by atoms with Crippen molar-refractivity contribution < 1.29 is 4.74 Å². The third-order valence-electron chi connectivity index (χ3n) is 4.60. The Bertz CT molecular complexity index is 751. The fourth-order valence-electron chi connectivity index (χ4n) is 3.39. The number of thioether (sulfide) groups is 1. The molecule has 0 bridgehead atoms. The minimum atomic E-state index is 0.322. The van der Waals surface area contributed by atoms with Crippen LogP contribution >= 0.6 is 11.8 Å². The first kappa shape index (κ1) is 15.5. The van der Waals surface area contributed by atoms with Gasteiger partial charge in [0, 0.05) is 20.1 Å². The molecule has 0 aliphatic carbocycles. The van der Waals surface area contributed by atoms with E-state index in [1.54, 1.807) is 18.9 Å². The number of hydrogen-bond acceptors (Lipinski definition) is 7. The maximum Gasteiger partial charge on any atom is 0.191 e. The van der Waals surface area contributed by atoms with Crippen molar-refractivity contribution >= 4 is 23.4 Å². The van der Waals surface area contributed by atoms with Crippen molar-refractivity contribution in [2.75, 3.05) is 36.9 Å². The molecule has 2 aliphatic heterocycles. The van der Waals surface area contributed by atoms with Gasteiger partial charge < -0.3 is 9.64 Å². The zero-order valence-electron chi connectivity index (χ0n) is 14.1. The highest BCUT2D eigenvalue weighted by molar-refractivity contribution is 7.98. The predicted molar refractivity (Wildman–Crippen MR) is 96.8 cm³/mol. The Labute approximate surface area is 146 Å². The van der Waals surface area contributed by atoms with Crippen LogP contribution in [0.1, 0.15) is 23.6 Å². The van der Waals surface area contributed by atoms with Gasteiger partial charge in [0.05, 0.1) is 18.7 Å². The summed E-state index contributed by atoms with van der Waals surface area (Å²) < 4.78 is 5.24. The molecule has 0 saturated heterocycles. The van der Waals surface area contributed by atoms with E-state index in [9.17, 15) is 0 Å². The van der Waals surface area contributed by atoms with Crippen LogP contribution in [-0.2, 0) is 6.54 Å². The molecule has 1 unspecified atom stereocenters. The first-order valence-electron chi connectivity index (χ1n) is 8.03. The Morgan fingerprint density at radius 2 is 2.00 bits per heavy atom. The Morgan fingerprint density at radius 1 is 1.25 bits per heavy atom. The maximum absolute atomic E-state index is 5.24. The summed E-state index contributed by atoms with van der Waals surface area (Å²) in [5, 5.41) is 2.85. The second-order valence-corrected chi connectivity index (χ2v) is 6.84. The molecule has 6 nitrogen and oxygen atoms in total. The molecule has 0 spiro atoms. The molecule has 3 heterocycles.